The SMILES string of the molecule is O=C(CCc1ccc2c(c1)OCO2)n1ccc2c1CCNC2. The second-order valence-corrected chi connectivity index (χ2v) is 5.67. The van der Waals surface area contributed by atoms with Gasteiger partial charge in [0, 0.05) is 37.8 Å². The van der Waals surface area contributed by atoms with Gasteiger partial charge in [-0.1, -0.05) is 6.07 Å². The molecule has 3 heterocycles. The molecule has 0 spiro atoms. The van der Waals surface area contributed by atoms with Gasteiger partial charge in [-0.15, -0.1) is 0 Å². The Morgan fingerprint density at radius 3 is 3.09 bits per heavy atom. The van der Waals surface area contributed by atoms with Crippen molar-refractivity contribution in [3.63, 3.8) is 0 Å². The van der Waals surface area contributed by atoms with E-state index in [1.54, 1.807) is 0 Å². The Kier molecular flexibility index (Phi) is 3.35. The number of ether oxygens (including phenoxy) is 2. The van der Waals surface area contributed by atoms with Crippen molar-refractivity contribution in [3.8, 4) is 11.5 Å². The lowest BCUT2D eigenvalue weighted by molar-refractivity contribution is 0.0899. The molecule has 0 fully saturated rings. The average Bonchev–Trinajstić information content (AvgIpc) is 3.18. The van der Waals surface area contributed by atoms with Crippen LogP contribution in [0.3, 0.4) is 0 Å². The summed E-state index contributed by atoms with van der Waals surface area (Å²) in [5.74, 6) is 1.71. The summed E-state index contributed by atoms with van der Waals surface area (Å²) >= 11 is 0. The third kappa shape index (κ3) is 2.37. The largest absolute Gasteiger partial charge is 0.454 e. The van der Waals surface area contributed by atoms with Crippen molar-refractivity contribution >= 4 is 5.91 Å². The topological polar surface area (TPSA) is 52.5 Å². The van der Waals surface area contributed by atoms with Gasteiger partial charge < -0.3 is 14.8 Å². The molecule has 0 saturated heterocycles. The van der Waals surface area contributed by atoms with Gasteiger partial charge in [0.05, 0.1) is 0 Å². The van der Waals surface area contributed by atoms with Gasteiger partial charge in [-0.05, 0) is 35.7 Å². The van der Waals surface area contributed by atoms with Crippen molar-refractivity contribution < 1.29 is 14.3 Å². The highest BCUT2D eigenvalue weighted by atomic mass is 16.7. The lowest BCUT2D eigenvalue weighted by Gasteiger charge is -2.16. The summed E-state index contributed by atoms with van der Waals surface area (Å²) < 4.78 is 12.5. The number of aromatic nitrogens is 1. The lowest BCUT2D eigenvalue weighted by atomic mass is 10.1. The molecule has 0 bridgehead atoms. The van der Waals surface area contributed by atoms with Crippen LogP contribution < -0.4 is 14.8 Å². The number of hydrogen-bond acceptors (Lipinski definition) is 4. The Morgan fingerprint density at radius 2 is 2.14 bits per heavy atom. The maximum absolute atomic E-state index is 12.5. The Labute approximate surface area is 128 Å². The molecule has 0 unspecified atom stereocenters. The third-order valence-corrected chi connectivity index (χ3v) is 4.27. The van der Waals surface area contributed by atoms with E-state index in [1.807, 2.05) is 35.0 Å². The third-order valence-electron chi connectivity index (χ3n) is 4.27. The minimum Gasteiger partial charge on any atom is -0.454 e. The van der Waals surface area contributed by atoms with Crippen molar-refractivity contribution in [2.75, 3.05) is 13.3 Å². The molecule has 4 rings (SSSR count). The van der Waals surface area contributed by atoms with Crippen LogP contribution in [0.15, 0.2) is 30.5 Å². The van der Waals surface area contributed by atoms with Crippen LogP contribution >= 0.6 is 0 Å². The minimum absolute atomic E-state index is 0.154. The Morgan fingerprint density at radius 1 is 1.23 bits per heavy atom. The summed E-state index contributed by atoms with van der Waals surface area (Å²) in [4.78, 5) is 12.5. The number of rotatable bonds is 3. The molecule has 0 saturated carbocycles. The van der Waals surface area contributed by atoms with Crippen molar-refractivity contribution in [3.05, 3.63) is 47.3 Å². The molecule has 1 aromatic carbocycles. The van der Waals surface area contributed by atoms with E-state index in [1.165, 1.54) is 5.56 Å². The first kappa shape index (κ1) is 13.4. The number of aryl methyl sites for hydroxylation is 1. The summed E-state index contributed by atoms with van der Waals surface area (Å²) in [7, 11) is 0. The highest BCUT2D eigenvalue weighted by Crippen LogP contribution is 2.32. The second kappa shape index (κ2) is 5.50. The smallest absolute Gasteiger partial charge is 0.231 e. The fourth-order valence-corrected chi connectivity index (χ4v) is 3.08. The summed E-state index contributed by atoms with van der Waals surface area (Å²) in [5, 5.41) is 3.32. The molecule has 0 radical (unpaired) electrons. The van der Waals surface area contributed by atoms with Crippen LogP contribution in [-0.4, -0.2) is 23.8 Å². The van der Waals surface area contributed by atoms with Crippen LogP contribution in [0, 0.1) is 0 Å². The summed E-state index contributed by atoms with van der Waals surface area (Å²) in [6, 6.07) is 7.91. The van der Waals surface area contributed by atoms with E-state index in [0.29, 0.717) is 12.8 Å². The van der Waals surface area contributed by atoms with Crippen LogP contribution in [0.2, 0.25) is 0 Å². The van der Waals surface area contributed by atoms with Crippen molar-refractivity contribution in [2.24, 2.45) is 0 Å². The molecule has 0 amide bonds. The van der Waals surface area contributed by atoms with E-state index in [-0.39, 0.29) is 12.7 Å². The van der Waals surface area contributed by atoms with Gasteiger partial charge in [-0.2, -0.15) is 0 Å². The molecule has 5 nitrogen and oxygen atoms in total. The fraction of sp³-hybridized carbons (Fsp3) is 0.353. The highest BCUT2D eigenvalue weighted by molar-refractivity contribution is 5.80. The van der Waals surface area contributed by atoms with Crippen molar-refractivity contribution in [2.45, 2.75) is 25.8 Å². The number of fused-ring (bicyclic) bond motifs is 2. The maximum atomic E-state index is 12.5. The number of carbonyl (C=O) groups excluding carboxylic acids is 1. The predicted molar refractivity (Wildman–Crippen MR) is 81.4 cm³/mol. The van der Waals surface area contributed by atoms with Crippen LogP contribution in [0.25, 0.3) is 0 Å². The summed E-state index contributed by atoms with van der Waals surface area (Å²) in [6.07, 6.45) is 4.02. The highest BCUT2D eigenvalue weighted by Gasteiger charge is 2.18. The molecule has 22 heavy (non-hydrogen) atoms. The van der Waals surface area contributed by atoms with E-state index in [9.17, 15) is 4.79 Å². The standard InChI is InChI=1S/C17H18N2O3/c20-17(19-8-6-13-10-18-7-5-14(13)19)4-2-12-1-3-15-16(9-12)22-11-21-15/h1,3,6,8-9,18H,2,4-5,7,10-11H2. The Balaban J connectivity index is 1.45. The fourth-order valence-electron chi connectivity index (χ4n) is 3.08. The predicted octanol–water partition coefficient (Wildman–Crippen LogP) is 2.14. The van der Waals surface area contributed by atoms with Gasteiger partial charge in [0.25, 0.3) is 0 Å². The first-order valence-corrected chi connectivity index (χ1v) is 7.63. The van der Waals surface area contributed by atoms with E-state index in [0.717, 1.165) is 42.3 Å². The lowest BCUT2D eigenvalue weighted by Crippen LogP contribution is -2.26. The Hall–Kier alpha value is -2.27. The van der Waals surface area contributed by atoms with Crippen LogP contribution in [0.5, 0.6) is 11.5 Å². The molecule has 2 aliphatic rings. The summed E-state index contributed by atoms with van der Waals surface area (Å²) in [5.41, 5.74) is 3.50. The van der Waals surface area contributed by atoms with E-state index in [4.69, 9.17) is 9.47 Å². The van der Waals surface area contributed by atoms with Gasteiger partial charge >= 0.3 is 0 Å². The molecular formula is C17H18N2O3. The normalized spacial score (nSPS) is 15.6. The molecule has 2 aromatic rings. The summed E-state index contributed by atoms with van der Waals surface area (Å²) in [6.45, 7) is 2.07. The maximum Gasteiger partial charge on any atom is 0.231 e. The molecular weight excluding hydrogens is 280 g/mol. The van der Waals surface area contributed by atoms with E-state index >= 15 is 0 Å². The zero-order valence-corrected chi connectivity index (χ0v) is 12.3. The van der Waals surface area contributed by atoms with Gasteiger partial charge in [-0.3, -0.25) is 9.36 Å². The number of nitrogens with zero attached hydrogens (tertiary/aromatic N) is 1. The number of carbonyl (C=O) groups is 1. The first-order chi connectivity index (χ1) is 10.8. The van der Waals surface area contributed by atoms with E-state index in [2.05, 4.69) is 5.32 Å². The Bertz CT molecular complexity index is 721. The zero-order valence-electron chi connectivity index (χ0n) is 12.3. The van der Waals surface area contributed by atoms with Gasteiger partial charge in [0.2, 0.25) is 12.7 Å². The second-order valence-electron chi connectivity index (χ2n) is 5.67. The minimum atomic E-state index is 0.154. The zero-order chi connectivity index (χ0) is 14.9. The number of nitrogens with one attached hydrogen (secondary N) is 1. The number of hydrogen-bond donors (Lipinski definition) is 1. The van der Waals surface area contributed by atoms with Crippen molar-refractivity contribution in [1.29, 1.82) is 0 Å². The molecule has 1 aromatic heterocycles. The van der Waals surface area contributed by atoms with E-state index < -0.39 is 0 Å². The molecule has 2 aliphatic heterocycles. The van der Waals surface area contributed by atoms with Gasteiger partial charge in [-0.25, -0.2) is 0 Å². The first-order valence-electron chi connectivity index (χ1n) is 7.63. The van der Waals surface area contributed by atoms with Gasteiger partial charge in [0.15, 0.2) is 11.5 Å². The molecule has 0 aliphatic carbocycles. The quantitative estimate of drug-likeness (QED) is 0.943. The monoisotopic (exact) mass is 298 g/mol. The van der Waals surface area contributed by atoms with Crippen molar-refractivity contribution in [1.82, 2.24) is 9.88 Å². The van der Waals surface area contributed by atoms with Crippen LogP contribution in [0.4, 0.5) is 0 Å². The van der Waals surface area contributed by atoms with Crippen LogP contribution in [-0.2, 0) is 19.4 Å². The average molecular weight is 298 g/mol. The molecule has 1 N–H and O–H groups in total. The molecule has 0 atom stereocenters. The molecule has 5 heteroatoms. The number of benzene rings is 1. The molecule has 114 valence electrons. The van der Waals surface area contributed by atoms with Crippen LogP contribution in [0.1, 0.15) is 28.0 Å². The van der Waals surface area contributed by atoms with Gasteiger partial charge in [0.1, 0.15) is 0 Å².